The summed E-state index contributed by atoms with van der Waals surface area (Å²) in [5.41, 5.74) is 0.456. The number of rotatable bonds is 4. The lowest BCUT2D eigenvalue weighted by atomic mass is 10.2. The summed E-state index contributed by atoms with van der Waals surface area (Å²) < 4.78 is 25.1. The van der Waals surface area contributed by atoms with E-state index >= 15 is 0 Å². The molecule has 21 heavy (non-hydrogen) atoms. The molecule has 0 spiro atoms. The molecular weight excluding hydrogens is 292 g/mol. The lowest BCUT2D eigenvalue weighted by Crippen LogP contribution is -2.31. The van der Waals surface area contributed by atoms with E-state index in [4.69, 9.17) is 0 Å². The van der Waals surface area contributed by atoms with Crippen molar-refractivity contribution in [2.24, 2.45) is 0 Å². The number of sulfone groups is 1. The Labute approximate surface area is 123 Å². The van der Waals surface area contributed by atoms with Gasteiger partial charge in [0.15, 0.2) is 9.84 Å². The summed E-state index contributed by atoms with van der Waals surface area (Å²) in [6.45, 7) is 5.16. The van der Waals surface area contributed by atoms with Gasteiger partial charge in [-0.25, -0.2) is 8.42 Å². The van der Waals surface area contributed by atoms with Crippen LogP contribution in [0.2, 0.25) is 0 Å². The molecule has 1 aromatic carbocycles. The second kappa shape index (κ2) is 5.14. The van der Waals surface area contributed by atoms with Crippen LogP contribution in [0, 0.1) is 10.1 Å². The van der Waals surface area contributed by atoms with Gasteiger partial charge in [-0.2, -0.15) is 0 Å². The Morgan fingerprint density at radius 1 is 1.24 bits per heavy atom. The summed E-state index contributed by atoms with van der Waals surface area (Å²) in [5, 5.41) is 11.8. The van der Waals surface area contributed by atoms with Crippen molar-refractivity contribution < 1.29 is 13.3 Å². The minimum Gasteiger partial charge on any atom is -0.341 e. The molecule has 0 bridgehead atoms. The first-order chi connectivity index (χ1) is 9.63. The van der Waals surface area contributed by atoms with E-state index in [1.807, 2.05) is 0 Å². The standard InChI is InChI=1S/C14H18N2O4S/c1-14(2,3)21(19,20)10-9-15-8-7-11-5-4-6-12(13(11)15)16(17)18/h4-8H,9-10H2,1-3H3. The van der Waals surface area contributed by atoms with Gasteiger partial charge in [-0.3, -0.25) is 10.1 Å². The molecule has 2 rings (SSSR count). The van der Waals surface area contributed by atoms with Gasteiger partial charge in [0, 0.05) is 24.2 Å². The molecule has 0 aliphatic carbocycles. The summed E-state index contributed by atoms with van der Waals surface area (Å²) in [5.74, 6) is -0.0493. The molecule has 0 amide bonds. The molecule has 2 aromatic rings. The Hall–Kier alpha value is -1.89. The highest BCUT2D eigenvalue weighted by Crippen LogP contribution is 2.27. The maximum absolute atomic E-state index is 12.2. The van der Waals surface area contributed by atoms with E-state index in [0.717, 1.165) is 5.39 Å². The number of aryl methyl sites for hydroxylation is 1. The van der Waals surface area contributed by atoms with E-state index in [9.17, 15) is 18.5 Å². The lowest BCUT2D eigenvalue weighted by Gasteiger charge is -2.19. The zero-order chi connectivity index (χ0) is 15.8. The second-order valence-electron chi connectivity index (χ2n) is 5.91. The average Bonchev–Trinajstić information content (AvgIpc) is 2.78. The molecule has 0 unspecified atom stereocenters. The monoisotopic (exact) mass is 310 g/mol. The zero-order valence-corrected chi connectivity index (χ0v) is 13.1. The van der Waals surface area contributed by atoms with Crippen molar-refractivity contribution in [1.29, 1.82) is 0 Å². The first-order valence-corrected chi connectivity index (χ1v) is 8.23. The third-order valence-electron chi connectivity index (χ3n) is 3.50. The largest absolute Gasteiger partial charge is 0.341 e. The molecule has 7 heteroatoms. The number of para-hydroxylation sites is 1. The number of hydrogen-bond acceptors (Lipinski definition) is 4. The van der Waals surface area contributed by atoms with Crippen molar-refractivity contribution in [2.45, 2.75) is 32.1 Å². The molecular formula is C14H18N2O4S. The number of non-ortho nitro benzene ring substituents is 1. The normalized spacial score (nSPS) is 12.7. The van der Waals surface area contributed by atoms with Gasteiger partial charge >= 0.3 is 0 Å². The molecule has 0 atom stereocenters. The highest BCUT2D eigenvalue weighted by atomic mass is 32.2. The third-order valence-corrected chi connectivity index (χ3v) is 6.08. The van der Waals surface area contributed by atoms with Crippen molar-refractivity contribution in [3.8, 4) is 0 Å². The summed E-state index contributed by atoms with van der Waals surface area (Å²) in [7, 11) is -3.27. The fourth-order valence-electron chi connectivity index (χ4n) is 2.10. The van der Waals surface area contributed by atoms with Crippen LogP contribution in [-0.2, 0) is 16.4 Å². The smallest absolute Gasteiger partial charge is 0.293 e. The van der Waals surface area contributed by atoms with Crippen molar-refractivity contribution >= 4 is 26.4 Å². The highest BCUT2D eigenvalue weighted by molar-refractivity contribution is 7.92. The molecule has 6 nitrogen and oxygen atoms in total. The fourth-order valence-corrected chi connectivity index (χ4v) is 3.15. The van der Waals surface area contributed by atoms with E-state index < -0.39 is 19.5 Å². The van der Waals surface area contributed by atoms with Crippen molar-refractivity contribution in [2.75, 3.05) is 5.75 Å². The maximum Gasteiger partial charge on any atom is 0.293 e. The number of hydrogen-bond donors (Lipinski definition) is 0. The fraction of sp³-hybridized carbons (Fsp3) is 0.429. The molecule has 0 aliphatic rings. The van der Waals surface area contributed by atoms with Crippen LogP contribution >= 0.6 is 0 Å². The van der Waals surface area contributed by atoms with Gasteiger partial charge in [-0.15, -0.1) is 0 Å². The minimum absolute atomic E-state index is 0.00865. The number of aromatic nitrogens is 1. The number of fused-ring (bicyclic) bond motifs is 1. The topological polar surface area (TPSA) is 82.2 Å². The van der Waals surface area contributed by atoms with E-state index in [1.54, 1.807) is 49.7 Å². The van der Waals surface area contributed by atoms with E-state index in [1.165, 1.54) is 6.07 Å². The molecule has 0 fully saturated rings. The van der Waals surface area contributed by atoms with E-state index in [0.29, 0.717) is 5.52 Å². The second-order valence-corrected chi connectivity index (χ2v) is 8.77. The summed E-state index contributed by atoms with van der Waals surface area (Å²) in [6, 6.07) is 6.58. The number of nitro groups is 1. The quantitative estimate of drug-likeness (QED) is 0.642. The number of benzene rings is 1. The van der Waals surface area contributed by atoms with Crippen LogP contribution in [0.5, 0.6) is 0 Å². The number of nitro benzene ring substituents is 1. The van der Waals surface area contributed by atoms with Crippen LogP contribution in [0.15, 0.2) is 30.5 Å². The van der Waals surface area contributed by atoms with Crippen molar-refractivity contribution in [3.63, 3.8) is 0 Å². The Morgan fingerprint density at radius 2 is 1.90 bits per heavy atom. The molecule has 0 saturated heterocycles. The molecule has 0 N–H and O–H groups in total. The Morgan fingerprint density at radius 3 is 2.48 bits per heavy atom. The summed E-state index contributed by atoms with van der Waals surface area (Å²) >= 11 is 0. The van der Waals surface area contributed by atoms with Crippen molar-refractivity contribution in [3.05, 3.63) is 40.6 Å². The van der Waals surface area contributed by atoms with Gasteiger partial charge in [-0.1, -0.05) is 12.1 Å². The van der Waals surface area contributed by atoms with Gasteiger partial charge in [-0.05, 0) is 26.8 Å². The summed E-state index contributed by atoms with van der Waals surface area (Å²) in [4.78, 5) is 10.7. The Kier molecular flexibility index (Phi) is 3.79. The Bertz CT molecular complexity index is 785. The first-order valence-electron chi connectivity index (χ1n) is 6.58. The highest BCUT2D eigenvalue weighted by Gasteiger charge is 2.28. The number of nitrogens with zero attached hydrogens (tertiary/aromatic N) is 2. The van der Waals surface area contributed by atoms with E-state index in [-0.39, 0.29) is 18.0 Å². The molecule has 0 radical (unpaired) electrons. The molecule has 0 aliphatic heterocycles. The predicted octanol–water partition coefficient (Wildman–Crippen LogP) is 2.76. The predicted molar refractivity (Wildman–Crippen MR) is 82.1 cm³/mol. The van der Waals surface area contributed by atoms with Gasteiger partial charge in [0.2, 0.25) is 0 Å². The van der Waals surface area contributed by atoms with E-state index in [2.05, 4.69) is 0 Å². The molecule has 1 aromatic heterocycles. The van der Waals surface area contributed by atoms with Gasteiger partial charge in [0.05, 0.1) is 15.4 Å². The van der Waals surface area contributed by atoms with Gasteiger partial charge in [0.25, 0.3) is 5.69 Å². The van der Waals surface area contributed by atoms with Gasteiger partial charge < -0.3 is 4.57 Å². The summed E-state index contributed by atoms with van der Waals surface area (Å²) in [6.07, 6.45) is 1.69. The van der Waals surface area contributed by atoms with Crippen LogP contribution in [0.3, 0.4) is 0 Å². The van der Waals surface area contributed by atoms with Crippen molar-refractivity contribution in [1.82, 2.24) is 4.57 Å². The molecule has 0 saturated carbocycles. The average molecular weight is 310 g/mol. The minimum atomic E-state index is -3.27. The third kappa shape index (κ3) is 2.92. The van der Waals surface area contributed by atoms with Crippen LogP contribution in [0.1, 0.15) is 20.8 Å². The van der Waals surface area contributed by atoms with Gasteiger partial charge in [0.1, 0.15) is 5.52 Å². The zero-order valence-electron chi connectivity index (χ0n) is 12.2. The first kappa shape index (κ1) is 15.5. The van der Waals surface area contributed by atoms with Crippen LogP contribution in [0.25, 0.3) is 10.9 Å². The maximum atomic E-state index is 12.2. The Balaban J connectivity index is 2.39. The molecule has 1 heterocycles. The van der Waals surface area contributed by atoms with Crippen LogP contribution in [-0.4, -0.2) is 28.4 Å². The SMILES string of the molecule is CC(C)(C)S(=O)(=O)CCn1ccc2cccc([N+](=O)[O-])c21. The van der Waals surface area contributed by atoms with Crippen LogP contribution in [0.4, 0.5) is 5.69 Å². The van der Waals surface area contributed by atoms with Crippen LogP contribution < -0.4 is 0 Å². The molecule has 114 valence electrons. The lowest BCUT2D eigenvalue weighted by molar-refractivity contribution is -0.383.